The maximum atomic E-state index is 12.9. The number of thiazole rings is 1. The topological polar surface area (TPSA) is 52.2 Å². The fraction of sp³-hybridized carbons (Fsp3) is 0.545. The van der Waals surface area contributed by atoms with Gasteiger partial charge in [-0.15, -0.1) is 11.3 Å². The quantitative estimate of drug-likeness (QED) is 0.704. The van der Waals surface area contributed by atoms with E-state index in [4.69, 9.17) is 9.72 Å². The van der Waals surface area contributed by atoms with E-state index in [0.29, 0.717) is 5.69 Å². The third-order valence-corrected chi connectivity index (χ3v) is 6.78. The molecule has 1 amide bonds. The highest BCUT2D eigenvalue weighted by atomic mass is 32.1. The smallest absolute Gasteiger partial charge is 0.273 e. The summed E-state index contributed by atoms with van der Waals surface area (Å²) in [5.74, 6) is 0.956. The Hall–Kier alpha value is -2.32. The summed E-state index contributed by atoms with van der Waals surface area (Å²) < 4.78 is 5.35. The second-order valence-corrected chi connectivity index (χ2v) is 8.66. The number of piperazine rings is 2. The number of benzene rings is 1. The van der Waals surface area contributed by atoms with Crippen molar-refractivity contribution < 1.29 is 9.53 Å². The molecule has 2 saturated heterocycles. The molecule has 2 aliphatic heterocycles. The van der Waals surface area contributed by atoms with E-state index in [1.807, 2.05) is 22.4 Å². The fourth-order valence-electron chi connectivity index (χ4n) is 4.12. The molecule has 0 saturated carbocycles. The maximum Gasteiger partial charge on any atom is 0.273 e. The van der Waals surface area contributed by atoms with E-state index in [1.54, 1.807) is 18.4 Å². The van der Waals surface area contributed by atoms with Crippen LogP contribution in [0.3, 0.4) is 0 Å². The van der Waals surface area contributed by atoms with Gasteiger partial charge in [-0.1, -0.05) is 13.0 Å². The first-order valence-corrected chi connectivity index (χ1v) is 11.7. The van der Waals surface area contributed by atoms with Crippen molar-refractivity contribution in [3.8, 4) is 5.75 Å². The molecule has 2 aliphatic rings. The predicted octanol–water partition coefficient (Wildman–Crippen LogP) is 2.65. The SMILES string of the molecule is CCCN1CCN(C(=O)c2csc(N3CCN(c4cccc(OC)c4)CC3)n2)CC1. The van der Waals surface area contributed by atoms with Crippen LogP contribution in [0.25, 0.3) is 0 Å². The molecule has 3 heterocycles. The van der Waals surface area contributed by atoms with Gasteiger partial charge in [0.1, 0.15) is 11.4 Å². The van der Waals surface area contributed by atoms with Gasteiger partial charge < -0.3 is 19.4 Å². The average Bonchev–Trinajstić information content (AvgIpc) is 3.30. The number of carbonyl (C=O) groups is 1. The van der Waals surface area contributed by atoms with Crippen molar-refractivity contribution in [1.29, 1.82) is 0 Å². The third kappa shape index (κ3) is 4.70. The first kappa shape index (κ1) is 20.9. The Morgan fingerprint density at radius 3 is 2.50 bits per heavy atom. The normalized spacial score (nSPS) is 18.0. The molecule has 162 valence electrons. The Morgan fingerprint density at radius 2 is 1.80 bits per heavy atom. The number of nitrogens with zero attached hydrogens (tertiary/aromatic N) is 5. The Labute approximate surface area is 182 Å². The van der Waals surface area contributed by atoms with E-state index in [0.717, 1.165) is 76.2 Å². The van der Waals surface area contributed by atoms with Crippen LogP contribution in [0.2, 0.25) is 0 Å². The standard InChI is InChI=1S/C22H31N5O2S/c1-3-7-24-8-10-26(11-9-24)21(28)20-17-30-22(23-20)27-14-12-25(13-15-27)18-5-4-6-19(16-18)29-2/h4-6,16-17H,3,7-15H2,1-2H3. The zero-order valence-electron chi connectivity index (χ0n) is 17.9. The zero-order chi connectivity index (χ0) is 20.9. The van der Waals surface area contributed by atoms with E-state index in [2.05, 4.69) is 33.8 Å². The number of hydrogen-bond acceptors (Lipinski definition) is 7. The fourth-order valence-corrected chi connectivity index (χ4v) is 4.98. The van der Waals surface area contributed by atoms with Crippen LogP contribution >= 0.6 is 11.3 Å². The Morgan fingerprint density at radius 1 is 1.07 bits per heavy atom. The summed E-state index contributed by atoms with van der Waals surface area (Å²) in [5.41, 5.74) is 1.78. The molecule has 30 heavy (non-hydrogen) atoms. The molecule has 0 bridgehead atoms. The van der Waals surface area contributed by atoms with Gasteiger partial charge in [-0.2, -0.15) is 0 Å². The lowest BCUT2D eigenvalue weighted by molar-refractivity contribution is 0.0632. The lowest BCUT2D eigenvalue weighted by atomic mass is 10.2. The number of aromatic nitrogens is 1. The van der Waals surface area contributed by atoms with Gasteiger partial charge in [-0.25, -0.2) is 4.98 Å². The molecule has 2 fully saturated rings. The highest BCUT2D eigenvalue weighted by Gasteiger charge is 2.25. The monoisotopic (exact) mass is 429 g/mol. The van der Waals surface area contributed by atoms with Crippen LogP contribution in [-0.2, 0) is 0 Å². The molecule has 0 N–H and O–H groups in total. The Bertz CT molecular complexity index is 842. The van der Waals surface area contributed by atoms with Gasteiger partial charge in [0, 0.05) is 69.5 Å². The van der Waals surface area contributed by atoms with Gasteiger partial charge >= 0.3 is 0 Å². The number of hydrogen-bond donors (Lipinski definition) is 0. The average molecular weight is 430 g/mol. The molecule has 7 nitrogen and oxygen atoms in total. The van der Waals surface area contributed by atoms with E-state index < -0.39 is 0 Å². The number of anilines is 2. The van der Waals surface area contributed by atoms with Crippen molar-refractivity contribution in [2.45, 2.75) is 13.3 Å². The lowest BCUT2D eigenvalue weighted by Crippen LogP contribution is -2.49. The molecule has 0 unspecified atom stereocenters. The van der Waals surface area contributed by atoms with Gasteiger partial charge in [0.05, 0.1) is 7.11 Å². The molecule has 8 heteroatoms. The minimum atomic E-state index is 0.0728. The maximum absolute atomic E-state index is 12.9. The molecule has 1 aromatic carbocycles. The van der Waals surface area contributed by atoms with Crippen LogP contribution in [0, 0.1) is 0 Å². The van der Waals surface area contributed by atoms with E-state index >= 15 is 0 Å². The van der Waals surface area contributed by atoms with Crippen LogP contribution < -0.4 is 14.5 Å². The van der Waals surface area contributed by atoms with Gasteiger partial charge in [0.2, 0.25) is 0 Å². The van der Waals surface area contributed by atoms with E-state index in [-0.39, 0.29) is 5.91 Å². The summed E-state index contributed by atoms with van der Waals surface area (Å²) in [4.78, 5) is 26.6. The molecular formula is C22H31N5O2S. The van der Waals surface area contributed by atoms with Crippen molar-refractivity contribution in [2.75, 3.05) is 75.8 Å². The van der Waals surface area contributed by atoms with Crippen molar-refractivity contribution in [3.05, 3.63) is 35.3 Å². The molecule has 0 atom stereocenters. The Balaban J connectivity index is 1.32. The number of carbonyl (C=O) groups excluding carboxylic acids is 1. The number of methoxy groups -OCH3 is 1. The molecule has 0 spiro atoms. The first-order chi connectivity index (χ1) is 14.7. The minimum absolute atomic E-state index is 0.0728. The summed E-state index contributed by atoms with van der Waals surface area (Å²) in [5, 5.41) is 2.87. The van der Waals surface area contributed by atoms with Crippen LogP contribution in [-0.4, -0.2) is 86.7 Å². The summed E-state index contributed by atoms with van der Waals surface area (Å²) in [6.07, 6.45) is 1.16. The molecule has 2 aromatic rings. The number of rotatable bonds is 6. The van der Waals surface area contributed by atoms with Crippen LogP contribution in [0.5, 0.6) is 5.75 Å². The minimum Gasteiger partial charge on any atom is -0.497 e. The van der Waals surface area contributed by atoms with Crippen molar-refractivity contribution >= 4 is 28.1 Å². The van der Waals surface area contributed by atoms with Gasteiger partial charge in [0.25, 0.3) is 5.91 Å². The number of amides is 1. The zero-order valence-corrected chi connectivity index (χ0v) is 18.7. The highest BCUT2D eigenvalue weighted by molar-refractivity contribution is 7.13. The Kier molecular flexibility index (Phi) is 6.74. The first-order valence-electron chi connectivity index (χ1n) is 10.8. The van der Waals surface area contributed by atoms with Crippen LogP contribution in [0.15, 0.2) is 29.6 Å². The number of ether oxygens (including phenoxy) is 1. The largest absolute Gasteiger partial charge is 0.497 e. The molecule has 1 aromatic heterocycles. The van der Waals surface area contributed by atoms with Crippen molar-refractivity contribution in [1.82, 2.24) is 14.8 Å². The second kappa shape index (κ2) is 9.66. The summed E-state index contributed by atoms with van der Waals surface area (Å²) in [6, 6.07) is 8.20. The van der Waals surface area contributed by atoms with Crippen molar-refractivity contribution in [3.63, 3.8) is 0 Å². The summed E-state index contributed by atoms with van der Waals surface area (Å²) in [6.45, 7) is 10.5. The van der Waals surface area contributed by atoms with Crippen LogP contribution in [0.1, 0.15) is 23.8 Å². The van der Waals surface area contributed by atoms with Gasteiger partial charge in [-0.3, -0.25) is 9.69 Å². The third-order valence-electron chi connectivity index (χ3n) is 5.88. The van der Waals surface area contributed by atoms with Crippen molar-refractivity contribution in [2.24, 2.45) is 0 Å². The van der Waals surface area contributed by atoms with E-state index in [9.17, 15) is 4.79 Å². The molecule has 4 rings (SSSR count). The molecule has 0 radical (unpaired) electrons. The summed E-state index contributed by atoms with van der Waals surface area (Å²) >= 11 is 1.58. The summed E-state index contributed by atoms with van der Waals surface area (Å²) in [7, 11) is 1.70. The van der Waals surface area contributed by atoms with Gasteiger partial charge in [-0.05, 0) is 25.1 Å². The van der Waals surface area contributed by atoms with Gasteiger partial charge in [0.15, 0.2) is 5.13 Å². The van der Waals surface area contributed by atoms with E-state index in [1.165, 1.54) is 5.69 Å². The lowest BCUT2D eigenvalue weighted by Gasteiger charge is -2.36. The second-order valence-electron chi connectivity index (χ2n) is 7.82. The molecular weight excluding hydrogens is 398 g/mol. The molecule has 0 aliphatic carbocycles. The predicted molar refractivity (Wildman–Crippen MR) is 122 cm³/mol. The van der Waals surface area contributed by atoms with Crippen LogP contribution in [0.4, 0.5) is 10.8 Å². The highest BCUT2D eigenvalue weighted by Crippen LogP contribution is 2.26.